The topological polar surface area (TPSA) is 50.2 Å². The second-order valence-electron chi connectivity index (χ2n) is 1.66. The van der Waals surface area contributed by atoms with Crippen LogP contribution in [0.2, 0.25) is 5.02 Å². The van der Waals surface area contributed by atoms with E-state index in [0.717, 1.165) is 0 Å². The van der Waals surface area contributed by atoms with Gasteiger partial charge < -0.3 is 5.11 Å². The van der Waals surface area contributed by atoms with Gasteiger partial charge in [-0.3, -0.25) is 4.98 Å². The molecule has 60 valence electrons. The van der Waals surface area contributed by atoms with E-state index in [-0.39, 0.29) is 23.0 Å². The Morgan fingerprint density at radius 2 is 2.27 bits per heavy atom. The van der Waals surface area contributed by atoms with Crippen LogP contribution >= 0.6 is 24.0 Å². The van der Waals surface area contributed by atoms with Gasteiger partial charge in [0.05, 0.1) is 10.6 Å². The fourth-order valence-electron chi connectivity index (χ4n) is 0.535. The average molecular weight is 194 g/mol. The molecule has 0 atom stereocenters. The number of aromatic nitrogens is 1. The maximum absolute atomic E-state index is 10.3. The van der Waals surface area contributed by atoms with E-state index in [1.807, 2.05) is 0 Å². The number of carboxylic acid groups (broad SMARTS) is 1. The smallest absolute Gasteiger partial charge is 0.338 e. The third-order valence-corrected chi connectivity index (χ3v) is 1.33. The van der Waals surface area contributed by atoms with E-state index in [0.29, 0.717) is 0 Å². The summed E-state index contributed by atoms with van der Waals surface area (Å²) in [6.07, 6.45) is 2.65. The number of nitrogens with zero attached hydrogens (tertiary/aromatic N) is 1. The predicted molar refractivity (Wildman–Crippen MR) is 43.5 cm³/mol. The zero-order valence-electron chi connectivity index (χ0n) is 5.32. The Labute approximate surface area is 74.4 Å². The quantitative estimate of drug-likeness (QED) is 0.741. The molecule has 0 spiro atoms. The molecule has 3 nitrogen and oxygen atoms in total. The normalized spacial score (nSPS) is 8.45. The molecule has 0 aliphatic heterocycles. The van der Waals surface area contributed by atoms with E-state index in [4.69, 9.17) is 16.7 Å². The average Bonchev–Trinajstić information content (AvgIpc) is 1.88. The minimum Gasteiger partial charge on any atom is -0.478 e. The Morgan fingerprint density at radius 1 is 1.64 bits per heavy atom. The lowest BCUT2D eigenvalue weighted by Crippen LogP contribution is -1.97. The first-order valence-electron chi connectivity index (χ1n) is 2.54. The van der Waals surface area contributed by atoms with Crippen LogP contribution in [0.4, 0.5) is 0 Å². The highest BCUT2D eigenvalue weighted by molar-refractivity contribution is 6.33. The molecule has 0 saturated carbocycles. The molecule has 11 heavy (non-hydrogen) atoms. The summed E-state index contributed by atoms with van der Waals surface area (Å²) in [4.78, 5) is 13.9. The van der Waals surface area contributed by atoms with Crippen LogP contribution in [0, 0.1) is 0 Å². The second kappa shape index (κ2) is 4.16. The third kappa shape index (κ3) is 2.37. The van der Waals surface area contributed by atoms with Gasteiger partial charge in [-0.05, 0) is 6.07 Å². The van der Waals surface area contributed by atoms with E-state index >= 15 is 0 Å². The summed E-state index contributed by atoms with van der Waals surface area (Å²) in [5, 5.41) is 8.65. The number of pyridine rings is 1. The van der Waals surface area contributed by atoms with Crippen LogP contribution in [0.15, 0.2) is 18.5 Å². The van der Waals surface area contributed by atoms with Crippen molar-refractivity contribution in [3.8, 4) is 0 Å². The van der Waals surface area contributed by atoms with Gasteiger partial charge >= 0.3 is 5.97 Å². The monoisotopic (exact) mass is 193 g/mol. The van der Waals surface area contributed by atoms with Crippen molar-refractivity contribution in [2.24, 2.45) is 0 Å². The standard InChI is InChI=1S/C6H4ClNO2.ClH/c7-5-1-2-8-3-4(5)6(9)10;/h1-3H,(H,9,10);1H. The van der Waals surface area contributed by atoms with Crippen molar-refractivity contribution >= 4 is 30.0 Å². The van der Waals surface area contributed by atoms with Crippen molar-refractivity contribution in [1.29, 1.82) is 0 Å². The summed E-state index contributed by atoms with van der Waals surface area (Å²) in [5.41, 5.74) is 0.0316. The van der Waals surface area contributed by atoms with Gasteiger partial charge in [-0.1, -0.05) is 11.6 Å². The number of aromatic carboxylic acids is 1. The van der Waals surface area contributed by atoms with Crippen molar-refractivity contribution in [2.75, 3.05) is 0 Å². The van der Waals surface area contributed by atoms with Gasteiger partial charge in [0, 0.05) is 12.4 Å². The van der Waals surface area contributed by atoms with E-state index in [2.05, 4.69) is 4.98 Å². The van der Waals surface area contributed by atoms with Crippen molar-refractivity contribution in [1.82, 2.24) is 4.98 Å². The molecule has 0 aliphatic carbocycles. The molecule has 0 aromatic carbocycles. The van der Waals surface area contributed by atoms with Gasteiger partial charge in [-0.2, -0.15) is 0 Å². The molecule has 0 unspecified atom stereocenters. The molecule has 1 heterocycles. The molecule has 1 aromatic heterocycles. The first-order chi connectivity index (χ1) is 4.72. The molecule has 0 fully saturated rings. The number of halogens is 2. The summed E-state index contributed by atoms with van der Waals surface area (Å²) in [6.45, 7) is 0. The van der Waals surface area contributed by atoms with Crippen LogP contribution in [-0.4, -0.2) is 16.1 Å². The Balaban J connectivity index is 0.000001000. The van der Waals surface area contributed by atoms with Crippen LogP contribution < -0.4 is 0 Å². The Kier molecular flexibility index (Phi) is 3.85. The molecule has 5 heteroatoms. The van der Waals surface area contributed by atoms with E-state index in [9.17, 15) is 4.79 Å². The highest BCUT2D eigenvalue weighted by Crippen LogP contribution is 2.12. The number of carbonyl (C=O) groups is 1. The van der Waals surface area contributed by atoms with Gasteiger partial charge in [0.2, 0.25) is 0 Å². The molecular formula is C6H5Cl2NO2. The maximum Gasteiger partial charge on any atom is 0.338 e. The fraction of sp³-hybridized carbons (Fsp3) is 0. The van der Waals surface area contributed by atoms with Crippen molar-refractivity contribution in [2.45, 2.75) is 0 Å². The van der Waals surface area contributed by atoms with E-state index in [1.54, 1.807) is 0 Å². The highest BCUT2D eigenvalue weighted by atomic mass is 35.5. The van der Waals surface area contributed by atoms with Crippen LogP contribution in [0.3, 0.4) is 0 Å². The zero-order valence-corrected chi connectivity index (χ0v) is 6.89. The van der Waals surface area contributed by atoms with Crippen molar-refractivity contribution in [3.63, 3.8) is 0 Å². The molecular weight excluding hydrogens is 189 g/mol. The number of carboxylic acids is 1. The van der Waals surface area contributed by atoms with Gasteiger partial charge in [0.25, 0.3) is 0 Å². The number of rotatable bonds is 1. The molecule has 0 bridgehead atoms. The van der Waals surface area contributed by atoms with Gasteiger partial charge in [0.1, 0.15) is 0 Å². The Bertz CT molecular complexity index is 265. The second-order valence-corrected chi connectivity index (χ2v) is 2.07. The molecule has 1 aromatic rings. The Morgan fingerprint density at radius 3 is 2.64 bits per heavy atom. The molecule has 0 aliphatic rings. The first-order valence-corrected chi connectivity index (χ1v) is 2.92. The summed E-state index contributed by atoms with van der Waals surface area (Å²) in [5.74, 6) is -1.06. The van der Waals surface area contributed by atoms with Crippen LogP contribution in [0.25, 0.3) is 0 Å². The summed E-state index contributed by atoms with van der Waals surface area (Å²) in [6, 6.07) is 1.44. The lowest BCUT2D eigenvalue weighted by molar-refractivity contribution is 0.0696. The molecule has 1 rings (SSSR count). The third-order valence-electron chi connectivity index (χ3n) is 0.998. The minimum atomic E-state index is -1.06. The molecule has 0 amide bonds. The van der Waals surface area contributed by atoms with Crippen LogP contribution in [-0.2, 0) is 0 Å². The first kappa shape index (κ1) is 10.2. The minimum absolute atomic E-state index is 0. The predicted octanol–water partition coefficient (Wildman–Crippen LogP) is 1.85. The molecule has 0 radical (unpaired) electrons. The summed E-state index contributed by atoms with van der Waals surface area (Å²) >= 11 is 5.50. The van der Waals surface area contributed by atoms with Crippen molar-refractivity contribution < 1.29 is 9.90 Å². The maximum atomic E-state index is 10.3. The van der Waals surface area contributed by atoms with Crippen molar-refractivity contribution in [3.05, 3.63) is 29.0 Å². The number of hydrogen-bond acceptors (Lipinski definition) is 2. The van der Waals surface area contributed by atoms with E-state index < -0.39 is 5.97 Å². The molecule has 0 saturated heterocycles. The highest BCUT2D eigenvalue weighted by Gasteiger charge is 2.05. The summed E-state index contributed by atoms with van der Waals surface area (Å²) in [7, 11) is 0. The summed E-state index contributed by atoms with van der Waals surface area (Å²) < 4.78 is 0. The molecule has 1 N–H and O–H groups in total. The number of hydrogen-bond donors (Lipinski definition) is 1. The van der Waals surface area contributed by atoms with Gasteiger partial charge in [-0.15, -0.1) is 12.4 Å². The van der Waals surface area contributed by atoms with Gasteiger partial charge in [-0.25, -0.2) is 4.79 Å². The fourth-order valence-corrected chi connectivity index (χ4v) is 0.721. The van der Waals surface area contributed by atoms with Crippen LogP contribution in [0.5, 0.6) is 0 Å². The van der Waals surface area contributed by atoms with E-state index in [1.165, 1.54) is 18.5 Å². The SMILES string of the molecule is Cl.O=C(O)c1cnccc1Cl. The lowest BCUT2D eigenvalue weighted by Gasteiger charge is -1.93. The lowest BCUT2D eigenvalue weighted by atomic mass is 10.3. The Hall–Kier alpha value is -0.800. The largest absolute Gasteiger partial charge is 0.478 e. The zero-order chi connectivity index (χ0) is 7.56. The van der Waals surface area contributed by atoms with Gasteiger partial charge in [0.15, 0.2) is 0 Å². The van der Waals surface area contributed by atoms with Crippen LogP contribution in [0.1, 0.15) is 10.4 Å².